The van der Waals surface area contributed by atoms with Crippen LogP contribution in [0.2, 0.25) is 0 Å². The molecule has 0 saturated carbocycles. The van der Waals surface area contributed by atoms with Gasteiger partial charge in [-0.05, 0) is 24.1 Å². The van der Waals surface area contributed by atoms with Crippen molar-refractivity contribution in [3.8, 4) is 5.06 Å². The molecular formula is C18H18FNO5S. The molecule has 1 N–H and O–H groups in total. The Kier molecular flexibility index (Phi) is 4.86. The Balaban J connectivity index is 2.04. The predicted octanol–water partition coefficient (Wildman–Crippen LogP) is 3.49. The van der Waals surface area contributed by atoms with Crippen molar-refractivity contribution in [3.63, 3.8) is 0 Å². The minimum Gasteiger partial charge on any atom is -0.494 e. The van der Waals surface area contributed by atoms with E-state index in [-0.39, 0.29) is 24.5 Å². The Morgan fingerprint density at radius 1 is 1.38 bits per heavy atom. The Labute approximate surface area is 153 Å². The smallest absolute Gasteiger partial charge is 0.307 e. The van der Waals surface area contributed by atoms with Gasteiger partial charge in [-0.25, -0.2) is 4.39 Å². The number of hydrogen-bond donors (Lipinski definition) is 1. The zero-order chi connectivity index (χ0) is 19.0. The number of methoxy groups -OCH3 is 2. The lowest BCUT2D eigenvalue weighted by Crippen LogP contribution is -2.37. The van der Waals surface area contributed by atoms with Gasteiger partial charge >= 0.3 is 5.97 Å². The molecule has 6 nitrogen and oxygen atoms in total. The Morgan fingerprint density at radius 3 is 2.69 bits per heavy atom. The van der Waals surface area contributed by atoms with Gasteiger partial charge in [0.15, 0.2) is 10.8 Å². The Hall–Kier alpha value is -2.61. The van der Waals surface area contributed by atoms with Gasteiger partial charge in [-0.15, -0.1) is 11.3 Å². The number of allylic oxidation sites excluding steroid dienone is 2. The fraction of sp³-hybridized carbons (Fsp3) is 0.333. The number of halogens is 1. The number of carbonyl (C=O) groups is 2. The van der Waals surface area contributed by atoms with Crippen LogP contribution in [0.3, 0.4) is 0 Å². The van der Waals surface area contributed by atoms with Gasteiger partial charge in [0.1, 0.15) is 5.83 Å². The van der Waals surface area contributed by atoms with Gasteiger partial charge in [0, 0.05) is 23.6 Å². The molecule has 0 aromatic carbocycles. The van der Waals surface area contributed by atoms with E-state index in [4.69, 9.17) is 9.47 Å². The SMILES string of the molecule is COC1=C(F)CC2C(=C1)C(CC(=O)O)=C(C)N2C(=O)c1csc(OC)c1. The van der Waals surface area contributed by atoms with E-state index in [1.165, 1.54) is 36.5 Å². The van der Waals surface area contributed by atoms with E-state index in [1.807, 2.05) is 0 Å². The van der Waals surface area contributed by atoms with Crippen LogP contribution in [-0.2, 0) is 9.53 Å². The highest BCUT2D eigenvalue weighted by Crippen LogP contribution is 2.43. The minimum atomic E-state index is -1.01. The normalized spacial score (nSPS) is 19.5. The Morgan fingerprint density at radius 2 is 2.12 bits per heavy atom. The highest BCUT2D eigenvalue weighted by molar-refractivity contribution is 7.12. The third-order valence-corrected chi connectivity index (χ3v) is 5.42. The first-order valence-electron chi connectivity index (χ1n) is 7.89. The summed E-state index contributed by atoms with van der Waals surface area (Å²) in [6.45, 7) is 1.68. The first kappa shape index (κ1) is 18.2. The van der Waals surface area contributed by atoms with Gasteiger partial charge in [0.05, 0.1) is 32.2 Å². The number of carboxylic acids is 1. The molecule has 0 saturated heterocycles. The number of carbonyl (C=O) groups excluding carboxylic acids is 1. The predicted molar refractivity (Wildman–Crippen MR) is 93.6 cm³/mol. The van der Waals surface area contributed by atoms with Crippen molar-refractivity contribution in [1.29, 1.82) is 0 Å². The molecule has 1 aromatic heterocycles. The number of ether oxygens (including phenoxy) is 2. The van der Waals surface area contributed by atoms with Gasteiger partial charge in [-0.3, -0.25) is 9.59 Å². The van der Waals surface area contributed by atoms with Crippen LogP contribution < -0.4 is 4.74 Å². The number of carboxylic acid groups (broad SMARTS) is 1. The van der Waals surface area contributed by atoms with Crippen molar-refractivity contribution in [3.05, 3.63) is 51.5 Å². The minimum absolute atomic E-state index is 0.0531. The zero-order valence-corrected chi connectivity index (χ0v) is 15.4. The third kappa shape index (κ3) is 3.01. The fourth-order valence-electron chi connectivity index (χ4n) is 3.32. The summed E-state index contributed by atoms with van der Waals surface area (Å²) in [6, 6.07) is 1.04. The van der Waals surface area contributed by atoms with E-state index in [9.17, 15) is 19.1 Å². The van der Waals surface area contributed by atoms with E-state index in [2.05, 4.69) is 0 Å². The van der Waals surface area contributed by atoms with E-state index < -0.39 is 17.8 Å². The lowest BCUT2D eigenvalue weighted by molar-refractivity contribution is -0.136. The van der Waals surface area contributed by atoms with Crippen LogP contribution in [0.4, 0.5) is 4.39 Å². The van der Waals surface area contributed by atoms with Crippen molar-refractivity contribution in [2.75, 3.05) is 14.2 Å². The van der Waals surface area contributed by atoms with Gasteiger partial charge in [0.25, 0.3) is 5.91 Å². The summed E-state index contributed by atoms with van der Waals surface area (Å²) in [5, 5.41) is 11.5. The van der Waals surface area contributed by atoms with Gasteiger partial charge in [0.2, 0.25) is 0 Å². The molecule has 0 fully saturated rings. The van der Waals surface area contributed by atoms with E-state index >= 15 is 0 Å². The highest BCUT2D eigenvalue weighted by Gasteiger charge is 2.42. The number of nitrogens with zero attached hydrogens (tertiary/aromatic N) is 1. The molecule has 1 aromatic rings. The third-order valence-electron chi connectivity index (χ3n) is 4.53. The molecule has 1 amide bonds. The summed E-state index contributed by atoms with van der Waals surface area (Å²) in [5.74, 6) is -1.73. The van der Waals surface area contributed by atoms with Crippen LogP contribution >= 0.6 is 11.3 Å². The molecule has 3 rings (SSSR count). The highest BCUT2D eigenvalue weighted by atomic mass is 32.1. The van der Waals surface area contributed by atoms with Gasteiger partial charge in [-0.1, -0.05) is 0 Å². The summed E-state index contributed by atoms with van der Waals surface area (Å²) < 4.78 is 24.5. The van der Waals surface area contributed by atoms with Crippen LogP contribution in [-0.4, -0.2) is 42.1 Å². The van der Waals surface area contributed by atoms with Crippen LogP contribution in [0.1, 0.15) is 30.1 Å². The molecule has 138 valence electrons. The molecule has 2 aliphatic rings. The molecular weight excluding hydrogens is 361 g/mol. The maximum atomic E-state index is 14.3. The molecule has 0 spiro atoms. The largest absolute Gasteiger partial charge is 0.494 e. The Bertz CT molecular complexity index is 867. The number of fused-ring (bicyclic) bond motifs is 1. The monoisotopic (exact) mass is 379 g/mol. The molecule has 1 unspecified atom stereocenters. The number of thiophene rings is 1. The molecule has 1 atom stereocenters. The molecule has 8 heteroatoms. The molecule has 2 heterocycles. The van der Waals surface area contributed by atoms with Crippen molar-refractivity contribution in [1.82, 2.24) is 4.90 Å². The summed E-state index contributed by atoms with van der Waals surface area (Å²) >= 11 is 1.29. The molecule has 0 radical (unpaired) electrons. The summed E-state index contributed by atoms with van der Waals surface area (Å²) in [7, 11) is 2.87. The fourth-order valence-corrected chi connectivity index (χ4v) is 4.03. The van der Waals surface area contributed by atoms with Crippen molar-refractivity contribution < 1.29 is 28.6 Å². The van der Waals surface area contributed by atoms with Gasteiger partial charge < -0.3 is 19.5 Å². The van der Waals surface area contributed by atoms with Crippen LogP contribution in [0.25, 0.3) is 0 Å². The maximum Gasteiger partial charge on any atom is 0.307 e. The average Bonchev–Trinajstić information content (AvgIpc) is 3.17. The second-order valence-electron chi connectivity index (χ2n) is 5.96. The quantitative estimate of drug-likeness (QED) is 0.848. The topological polar surface area (TPSA) is 76.1 Å². The van der Waals surface area contributed by atoms with E-state index in [1.54, 1.807) is 18.4 Å². The molecule has 1 aliphatic heterocycles. The van der Waals surface area contributed by atoms with Gasteiger partial charge in [-0.2, -0.15) is 0 Å². The molecule has 1 aliphatic carbocycles. The van der Waals surface area contributed by atoms with E-state index in [0.29, 0.717) is 27.5 Å². The second-order valence-corrected chi connectivity index (χ2v) is 6.83. The number of amides is 1. The summed E-state index contributed by atoms with van der Waals surface area (Å²) in [4.78, 5) is 25.8. The van der Waals surface area contributed by atoms with Crippen molar-refractivity contribution in [2.24, 2.45) is 0 Å². The van der Waals surface area contributed by atoms with Crippen molar-refractivity contribution in [2.45, 2.75) is 25.8 Å². The first-order chi connectivity index (χ1) is 12.4. The average molecular weight is 379 g/mol. The maximum absolute atomic E-state index is 14.3. The number of rotatable bonds is 5. The molecule has 0 bridgehead atoms. The van der Waals surface area contributed by atoms with Crippen molar-refractivity contribution >= 4 is 23.2 Å². The van der Waals surface area contributed by atoms with Crippen LogP contribution in [0, 0.1) is 0 Å². The zero-order valence-electron chi connectivity index (χ0n) is 14.5. The summed E-state index contributed by atoms with van der Waals surface area (Å²) in [5.41, 5.74) is 2.06. The lowest BCUT2D eigenvalue weighted by Gasteiger charge is -2.29. The number of aliphatic carboxylic acids is 1. The standard InChI is InChI=1S/C18H18FNO5S/c1-9-11(6-16(21)22)12-5-15(24-2)13(19)7-14(12)20(9)18(23)10-4-17(25-3)26-8-10/h4-5,8,14H,6-7H2,1-3H3,(H,21,22). The second kappa shape index (κ2) is 6.95. The first-order valence-corrected chi connectivity index (χ1v) is 8.77. The summed E-state index contributed by atoms with van der Waals surface area (Å²) in [6.07, 6.45) is 1.19. The lowest BCUT2D eigenvalue weighted by atomic mass is 9.92. The van der Waals surface area contributed by atoms with Crippen LogP contribution in [0.5, 0.6) is 5.06 Å². The van der Waals surface area contributed by atoms with E-state index in [0.717, 1.165) is 0 Å². The number of hydrogen-bond acceptors (Lipinski definition) is 5. The van der Waals surface area contributed by atoms with Crippen LogP contribution in [0.15, 0.2) is 46.0 Å². The molecule has 26 heavy (non-hydrogen) atoms.